The standard InChI is InChI=1S/C14H27F/c1-7-13(9-15)8-12(6)14(10(2)3)11(4)5/h10-11,13-14H,6-9H2,1-5H3. The maximum atomic E-state index is 12.6. The monoisotopic (exact) mass is 214 g/mol. The lowest BCUT2D eigenvalue weighted by Gasteiger charge is -2.28. The van der Waals surface area contributed by atoms with Gasteiger partial charge in [-0.3, -0.25) is 4.39 Å². The van der Waals surface area contributed by atoms with Crippen molar-refractivity contribution in [3.63, 3.8) is 0 Å². The number of halogens is 1. The van der Waals surface area contributed by atoms with Crippen molar-refractivity contribution >= 4 is 0 Å². The quantitative estimate of drug-likeness (QED) is 0.531. The third-order valence-electron chi connectivity index (χ3n) is 3.25. The first-order valence-electron chi connectivity index (χ1n) is 6.17. The zero-order valence-corrected chi connectivity index (χ0v) is 11.0. The van der Waals surface area contributed by atoms with Crippen LogP contribution in [0.1, 0.15) is 47.5 Å². The van der Waals surface area contributed by atoms with Crippen LogP contribution in [0.3, 0.4) is 0 Å². The Morgan fingerprint density at radius 2 is 1.60 bits per heavy atom. The molecule has 0 aliphatic rings. The van der Waals surface area contributed by atoms with E-state index in [1.54, 1.807) is 0 Å². The SMILES string of the molecule is C=C(CC(CC)CF)C(C(C)C)C(C)C. The molecule has 0 heterocycles. The van der Waals surface area contributed by atoms with Gasteiger partial charge in [-0.15, -0.1) is 0 Å². The van der Waals surface area contributed by atoms with Crippen LogP contribution in [0.25, 0.3) is 0 Å². The summed E-state index contributed by atoms with van der Waals surface area (Å²) in [6.07, 6.45) is 1.77. The van der Waals surface area contributed by atoms with Crippen LogP contribution in [0.4, 0.5) is 4.39 Å². The topological polar surface area (TPSA) is 0 Å². The first-order chi connectivity index (χ1) is 6.93. The molecule has 0 aromatic rings. The summed E-state index contributed by atoms with van der Waals surface area (Å²) >= 11 is 0. The van der Waals surface area contributed by atoms with E-state index in [1.165, 1.54) is 5.57 Å². The molecule has 0 nitrogen and oxygen atoms in total. The average molecular weight is 214 g/mol. The van der Waals surface area contributed by atoms with E-state index >= 15 is 0 Å². The molecule has 0 saturated carbocycles. The minimum absolute atomic E-state index is 0.178. The predicted octanol–water partition coefficient (Wildman–Crippen LogP) is 4.86. The first-order valence-corrected chi connectivity index (χ1v) is 6.17. The fourth-order valence-corrected chi connectivity index (χ4v) is 2.53. The summed E-state index contributed by atoms with van der Waals surface area (Å²) in [5.41, 5.74) is 1.24. The molecule has 0 aliphatic heterocycles. The van der Waals surface area contributed by atoms with E-state index in [9.17, 15) is 4.39 Å². The van der Waals surface area contributed by atoms with Crippen LogP contribution in [-0.2, 0) is 0 Å². The molecule has 0 aromatic carbocycles. The van der Waals surface area contributed by atoms with E-state index in [4.69, 9.17) is 0 Å². The van der Waals surface area contributed by atoms with E-state index in [2.05, 4.69) is 41.2 Å². The summed E-state index contributed by atoms with van der Waals surface area (Å²) in [7, 11) is 0. The second-order valence-corrected chi connectivity index (χ2v) is 5.30. The van der Waals surface area contributed by atoms with Crippen molar-refractivity contribution in [2.75, 3.05) is 6.67 Å². The van der Waals surface area contributed by atoms with Gasteiger partial charge in [0.2, 0.25) is 0 Å². The van der Waals surface area contributed by atoms with Crippen LogP contribution in [0.15, 0.2) is 12.2 Å². The second kappa shape index (κ2) is 7.03. The van der Waals surface area contributed by atoms with Crippen LogP contribution in [0.2, 0.25) is 0 Å². The number of hydrogen-bond donors (Lipinski definition) is 0. The highest BCUT2D eigenvalue weighted by atomic mass is 19.1. The molecule has 0 fully saturated rings. The molecule has 0 rings (SSSR count). The van der Waals surface area contributed by atoms with E-state index < -0.39 is 0 Å². The molecule has 1 unspecified atom stereocenters. The number of allylic oxidation sites excluding steroid dienone is 1. The average Bonchev–Trinajstić information content (AvgIpc) is 2.12. The van der Waals surface area contributed by atoms with Crippen LogP contribution >= 0.6 is 0 Å². The molecule has 0 N–H and O–H groups in total. The molecule has 0 amide bonds. The molecule has 0 saturated heterocycles. The predicted molar refractivity (Wildman–Crippen MR) is 66.7 cm³/mol. The van der Waals surface area contributed by atoms with Gasteiger partial charge in [0.1, 0.15) is 0 Å². The van der Waals surface area contributed by atoms with Gasteiger partial charge in [0.05, 0.1) is 6.67 Å². The molecule has 0 radical (unpaired) electrons. The van der Waals surface area contributed by atoms with Gasteiger partial charge in [0.25, 0.3) is 0 Å². The molecule has 1 atom stereocenters. The van der Waals surface area contributed by atoms with Crippen molar-refractivity contribution in [1.82, 2.24) is 0 Å². The Hall–Kier alpha value is -0.330. The summed E-state index contributed by atoms with van der Waals surface area (Å²) in [6, 6.07) is 0. The Labute approximate surface area is 95.0 Å². The van der Waals surface area contributed by atoms with Gasteiger partial charge in [0, 0.05) is 0 Å². The van der Waals surface area contributed by atoms with Crippen LogP contribution in [-0.4, -0.2) is 6.67 Å². The summed E-state index contributed by atoms with van der Waals surface area (Å²) in [5, 5.41) is 0. The highest BCUT2D eigenvalue weighted by Crippen LogP contribution is 2.31. The lowest BCUT2D eigenvalue weighted by molar-refractivity contribution is 0.295. The lowest BCUT2D eigenvalue weighted by atomic mass is 9.77. The zero-order valence-electron chi connectivity index (χ0n) is 11.0. The van der Waals surface area contributed by atoms with Gasteiger partial charge < -0.3 is 0 Å². The summed E-state index contributed by atoms with van der Waals surface area (Å²) in [5.74, 6) is 1.92. The molecule has 0 aromatic heterocycles. The fraction of sp³-hybridized carbons (Fsp3) is 0.857. The zero-order chi connectivity index (χ0) is 12.0. The Morgan fingerprint density at radius 1 is 1.13 bits per heavy atom. The van der Waals surface area contributed by atoms with E-state index in [0.29, 0.717) is 17.8 Å². The highest BCUT2D eigenvalue weighted by Gasteiger charge is 2.22. The first kappa shape index (κ1) is 14.7. The van der Waals surface area contributed by atoms with Crippen molar-refractivity contribution in [3.8, 4) is 0 Å². The second-order valence-electron chi connectivity index (χ2n) is 5.30. The van der Waals surface area contributed by atoms with Crippen LogP contribution in [0.5, 0.6) is 0 Å². The minimum atomic E-state index is -0.210. The lowest BCUT2D eigenvalue weighted by Crippen LogP contribution is -2.19. The van der Waals surface area contributed by atoms with E-state index in [1.807, 2.05) is 0 Å². The molecule has 90 valence electrons. The maximum Gasteiger partial charge on any atom is 0.0925 e. The Kier molecular flexibility index (Phi) is 6.87. The molecule has 0 aliphatic carbocycles. The summed E-state index contributed by atoms with van der Waals surface area (Å²) in [6.45, 7) is 14.9. The highest BCUT2D eigenvalue weighted by molar-refractivity contribution is 5.04. The van der Waals surface area contributed by atoms with Gasteiger partial charge >= 0.3 is 0 Å². The van der Waals surface area contributed by atoms with Crippen molar-refractivity contribution < 1.29 is 4.39 Å². The summed E-state index contributed by atoms with van der Waals surface area (Å²) in [4.78, 5) is 0. The number of rotatable bonds is 7. The van der Waals surface area contributed by atoms with Crippen LogP contribution < -0.4 is 0 Å². The van der Waals surface area contributed by atoms with Gasteiger partial charge in [-0.05, 0) is 30.1 Å². The van der Waals surface area contributed by atoms with Crippen molar-refractivity contribution in [2.45, 2.75) is 47.5 Å². The smallest absolute Gasteiger partial charge is 0.0925 e. The fourth-order valence-electron chi connectivity index (χ4n) is 2.53. The van der Waals surface area contributed by atoms with Crippen molar-refractivity contribution in [3.05, 3.63) is 12.2 Å². The Morgan fingerprint density at radius 3 is 1.87 bits per heavy atom. The summed E-state index contributed by atoms with van der Waals surface area (Å²) < 4.78 is 12.6. The van der Waals surface area contributed by atoms with E-state index in [-0.39, 0.29) is 12.6 Å². The van der Waals surface area contributed by atoms with E-state index in [0.717, 1.165) is 12.8 Å². The number of alkyl halides is 1. The molecule has 1 heteroatoms. The third-order valence-corrected chi connectivity index (χ3v) is 3.25. The molecular weight excluding hydrogens is 187 g/mol. The van der Waals surface area contributed by atoms with Gasteiger partial charge in [-0.25, -0.2) is 0 Å². The Balaban J connectivity index is 4.38. The maximum absolute atomic E-state index is 12.6. The molecule has 0 spiro atoms. The normalized spacial score (nSPS) is 13.9. The molecular formula is C14H27F. The minimum Gasteiger partial charge on any atom is -0.251 e. The number of hydrogen-bond acceptors (Lipinski definition) is 0. The van der Waals surface area contributed by atoms with Crippen molar-refractivity contribution in [2.24, 2.45) is 23.7 Å². The third kappa shape index (κ3) is 4.81. The molecule has 15 heavy (non-hydrogen) atoms. The van der Waals surface area contributed by atoms with Gasteiger partial charge in [-0.1, -0.05) is 53.2 Å². The van der Waals surface area contributed by atoms with Crippen LogP contribution in [0, 0.1) is 23.7 Å². The van der Waals surface area contributed by atoms with Gasteiger partial charge in [0.15, 0.2) is 0 Å². The van der Waals surface area contributed by atoms with Gasteiger partial charge in [-0.2, -0.15) is 0 Å². The Bertz CT molecular complexity index is 170. The largest absolute Gasteiger partial charge is 0.251 e. The molecule has 0 bridgehead atoms. The van der Waals surface area contributed by atoms with Crippen molar-refractivity contribution in [1.29, 1.82) is 0 Å².